The van der Waals surface area contributed by atoms with E-state index < -0.39 is 5.82 Å². The second kappa shape index (κ2) is 8.40. The van der Waals surface area contributed by atoms with E-state index in [-0.39, 0.29) is 25.0 Å². The van der Waals surface area contributed by atoms with Crippen molar-refractivity contribution in [3.63, 3.8) is 0 Å². The maximum Gasteiger partial charge on any atom is 0.236 e. The van der Waals surface area contributed by atoms with Crippen LogP contribution < -0.4 is 5.32 Å². The Kier molecular flexibility index (Phi) is 6.25. The minimum Gasteiger partial charge on any atom is -0.340 e. The molecule has 7 heteroatoms. The van der Waals surface area contributed by atoms with Gasteiger partial charge in [-0.25, -0.2) is 4.39 Å². The van der Waals surface area contributed by atoms with Gasteiger partial charge in [0.1, 0.15) is 5.82 Å². The molecule has 0 bridgehead atoms. The summed E-state index contributed by atoms with van der Waals surface area (Å²) in [5.74, 6) is -0.570. The first-order valence-corrected chi connectivity index (χ1v) is 8.04. The number of nitriles is 1. The van der Waals surface area contributed by atoms with Crippen molar-refractivity contribution in [1.82, 2.24) is 20.0 Å². The van der Waals surface area contributed by atoms with Gasteiger partial charge in [-0.15, -0.1) is 0 Å². The van der Waals surface area contributed by atoms with Gasteiger partial charge in [-0.3, -0.25) is 9.48 Å². The number of nitrogens with zero attached hydrogens (tertiary/aromatic N) is 4. The smallest absolute Gasteiger partial charge is 0.236 e. The number of amides is 1. The van der Waals surface area contributed by atoms with Crippen molar-refractivity contribution >= 4 is 5.91 Å². The molecule has 0 aliphatic heterocycles. The molecule has 2 aromatic rings. The van der Waals surface area contributed by atoms with Crippen molar-refractivity contribution in [3.8, 4) is 6.07 Å². The van der Waals surface area contributed by atoms with Crippen LogP contribution in [0.2, 0.25) is 0 Å². The zero-order valence-corrected chi connectivity index (χ0v) is 14.7. The van der Waals surface area contributed by atoms with Gasteiger partial charge in [0.15, 0.2) is 0 Å². The third kappa shape index (κ3) is 5.40. The first kappa shape index (κ1) is 18.6. The summed E-state index contributed by atoms with van der Waals surface area (Å²) in [4.78, 5) is 13.7. The van der Waals surface area contributed by atoms with Gasteiger partial charge in [-0.1, -0.05) is 0 Å². The Balaban J connectivity index is 1.85. The van der Waals surface area contributed by atoms with Gasteiger partial charge in [0.05, 0.1) is 30.9 Å². The molecule has 25 heavy (non-hydrogen) atoms. The molecule has 0 radical (unpaired) electrons. The summed E-state index contributed by atoms with van der Waals surface area (Å²) < 4.78 is 15.6. The number of carbonyl (C=O) groups excluding carboxylic acids is 1. The molecule has 2 rings (SSSR count). The topological polar surface area (TPSA) is 74.0 Å². The van der Waals surface area contributed by atoms with Crippen LogP contribution >= 0.6 is 0 Å². The van der Waals surface area contributed by atoms with Crippen molar-refractivity contribution in [2.24, 2.45) is 0 Å². The Hall–Kier alpha value is -2.72. The monoisotopic (exact) mass is 343 g/mol. The molecule has 1 aromatic heterocycles. The zero-order valence-electron chi connectivity index (χ0n) is 14.7. The lowest BCUT2D eigenvalue weighted by atomic mass is 10.1. The minimum atomic E-state index is -0.422. The van der Waals surface area contributed by atoms with Crippen molar-refractivity contribution in [2.45, 2.75) is 33.0 Å². The number of nitrogens with one attached hydrogen (secondary N) is 1. The molecule has 0 saturated carbocycles. The quantitative estimate of drug-likeness (QED) is 0.832. The van der Waals surface area contributed by atoms with Crippen LogP contribution in [-0.2, 0) is 17.9 Å². The molecule has 1 heterocycles. The van der Waals surface area contributed by atoms with Crippen LogP contribution in [0.25, 0.3) is 0 Å². The predicted molar refractivity (Wildman–Crippen MR) is 92.0 cm³/mol. The third-order valence-corrected chi connectivity index (χ3v) is 3.83. The summed E-state index contributed by atoms with van der Waals surface area (Å²) >= 11 is 0. The second-order valence-corrected chi connectivity index (χ2v) is 6.19. The van der Waals surface area contributed by atoms with Gasteiger partial charge in [-0.05, 0) is 37.6 Å². The summed E-state index contributed by atoms with van der Waals surface area (Å²) in [6, 6.07) is 6.17. The summed E-state index contributed by atoms with van der Waals surface area (Å²) in [7, 11) is 1.62. The van der Waals surface area contributed by atoms with Crippen molar-refractivity contribution < 1.29 is 9.18 Å². The summed E-state index contributed by atoms with van der Waals surface area (Å²) in [6.45, 7) is 4.87. The van der Waals surface area contributed by atoms with E-state index in [0.29, 0.717) is 17.7 Å². The van der Waals surface area contributed by atoms with E-state index in [4.69, 9.17) is 5.26 Å². The Morgan fingerprint density at radius 3 is 2.92 bits per heavy atom. The molecule has 1 amide bonds. The first-order valence-electron chi connectivity index (χ1n) is 8.04. The highest BCUT2D eigenvalue weighted by Crippen LogP contribution is 2.12. The Labute approximate surface area is 146 Å². The molecule has 1 N–H and O–H groups in total. The van der Waals surface area contributed by atoms with E-state index in [9.17, 15) is 9.18 Å². The lowest BCUT2D eigenvalue weighted by Gasteiger charge is -2.20. The average molecular weight is 343 g/mol. The number of likely N-dealkylation sites (N-methyl/N-ethyl adjacent to an activating group) is 1. The number of benzene rings is 1. The molecule has 1 aromatic carbocycles. The summed E-state index contributed by atoms with van der Waals surface area (Å²) in [5.41, 5.74) is 1.79. The van der Waals surface area contributed by atoms with Crippen LogP contribution in [-0.4, -0.2) is 40.2 Å². The molecule has 6 nitrogen and oxygen atoms in total. The van der Waals surface area contributed by atoms with Crippen LogP contribution in [0.5, 0.6) is 0 Å². The number of halogens is 1. The van der Waals surface area contributed by atoms with E-state index in [2.05, 4.69) is 10.4 Å². The summed E-state index contributed by atoms with van der Waals surface area (Å²) in [6.07, 6.45) is 3.73. The highest BCUT2D eigenvalue weighted by atomic mass is 19.1. The van der Waals surface area contributed by atoms with Crippen LogP contribution in [0.1, 0.15) is 23.6 Å². The Morgan fingerprint density at radius 2 is 2.28 bits per heavy atom. The first-order chi connectivity index (χ1) is 11.9. The van der Waals surface area contributed by atoms with Gasteiger partial charge >= 0.3 is 0 Å². The van der Waals surface area contributed by atoms with E-state index in [1.165, 1.54) is 23.1 Å². The molecule has 0 fully saturated rings. The fraction of sp³-hybridized carbons (Fsp3) is 0.389. The molecule has 0 unspecified atom stereocenters. The van der Waals surface area contributed by atoms with Crippen LogP contribution in [0.15, 0.2) is 30.6 Å². The number of rotatable bonds is 7. The molecule has 0 spiro atoms. The molecule has 0 aliphatic carbocycles. The molecule has 0 aliphatic rings. The molecule has 1 atom stereocenters. The van der Waals surface area contributed by atoms with Crippen LogP contribution in [0.4, 0.5) is 4.39 Å². The Bertz CT molecular complexity index is 780. The number of hydrogen-bond donors (Lipinski definition) is 1. The lowest BCUT2D eigenvalue weighted by Crippen LogP contribution is -2.40. The normalized spacial score (nSPS) is 11.8. The Morgan fingerprint density at radius 1 is 1.52 bits per heavy atom. The van der Waals surface area contributed by atoms with Gasteiger partial charge in [0.25, 0.3) is 0 Å². The number of aromatic nitrogens is 2. The van der Waals surface area contributed by atoms with Gasteiger partial charge in [0, 0.05) is 31.4 Å². The SMILES string of the molecule is Cc1cnn(C[C@@H](C)NCC(=O)N(C)Cc2cc(C#N)ccc2F)c1. The largest absolute Gasteiger partial charge is 0.340 e. The number of aryl methyl sites for hydroxylation is 1. The number of carbonyl (C=O) groups is 1. The molecule has 132 valence electrons. The van der Waals surface area contributed by atoms with Crippen molar-refractivity contribution in [3.05, 3.63) is 53.1 Å². The number of hydrogen-bond acceptors (Lipinski definition) is 4. The molecular formula is C18H22FN5O. The van der Waals surface area contributed by atoms with E-state index >= 15 is 0 Å². The standard InChI is InChI=1S/C18H22FN5O/c1-13-8-22-24(10-13)11-14(2)21-9-18(25)23(3)12-16-6-15(7-20)4-5-17(16)19/h4-6,8,10,14,21H,9,11-12H2,1-3H3/t14-/m1/s1. The maximum atomic E-state index is 13.8. The third-order valence-electron chi connectivity index (χ3n) is 3.83. The predicted octanol–water partition coefficient (Wildman–Crippen LogP) is 1.84. The zero-order chi connectivity index (χ0) is 18.4. The minimum absolute atomic E-state index is 0.0651. The van der Waals surface area contributed by atoms with Gasteiger partial charge < -0.3 is 10.2 Å². The van der Waals surface area contributed by atoms with E-state index in [0.717, 1.165) is 5.56 Å². The molecular weight excluding hydrogens is 321 g/mol. The highest BCUT2D eigenvalue weighted by molar-refractivity contribution is 5.78. The maximum absolute atomic E-state index is 13.8. The summed E-state index contributed by atoms with van der Waals surface area (Å²) in [5, 5.41) is 16.3. The second-order valence-electron chi connectivity index (χ2n) is 6.19. The van der Waals surface area contributed by atoms with E-state index in [1.807, 2.05) is 30.8 Å². The fourth-order valence-electron chi connectivity index (χ4n) is 2.42. The average Bonchev–Trinajstić information content (AvgIpc) is 2.99. The molecule has 0 saturated heterocycles. The van der Waals surface area contributed by atoms with E-state index in [1.54, 1.807) is 13.2 Å². The van der Waals surface area contributed by atoms with Crippen LogP contribution in [0, 0.1) is 24.1 Å². The van der Waals surface area contributed by atoms with Gasteiger partial charge in [-0.2, -0.15) is 10.4 Å². The fourth-order valence-corrected chi connectivity index (χ4v) is 2.42. The highest BCUT2D eigenvalue weighted by Gasteiger charge is 2.14. The van der Waals surface area contributed by atoms with Crippen LogP contribution in [0.3, 0.4) is 0 Å². The lowest BCUT2D eigenvalue weighted by molar-refractivity contribution is -0.129. The van der Waals surface area contributed by atoms with Crippen molar-refractivity contribution in [1.29, 1.82) is 5.26 Å². The van der Waals surface area contributed by atoms with Crippen molar-refractivity contribution in [2.75, 3.05) is 13.6 Å². The van der Waals surface area contributed by atoms with Gasteiger partial charge in [0.2, 0.25) is 5.91 Å².